The number of alkyl halides is 3. The van der Waals surface area contributed by atoms with Crippen LogP contribution in [-0.2, 0) is 6.18 Å². The molecule has 0 fully saturated rings. The van der Waals surface area contributed by atoms with E-state index in [0.717, 1.165) is 15.7 Å². The summed E-state index contributed by atoms with van der Waals surface area (Å²) in [6.07, 6.45) is -4.48. The van der Waals surface area contributed by atoms with Crippen LogP contribution in [0.2, 0.25) is 5.02 Å². The van der Waals surface area contributed by atoms with Gasteiger partial charge in [0.15, 0.2) is 11.3 Å². The Labute approximate surface area is 215 Å². The molecule has 5 aromatic rings. The third kappa shape index (κ3) is 4.92. The van der Waals surface area contributed by atoms with Crippen molar-refractivity contribution in [2.45, 2.75) is 6.18 Å². The number of oxazole rings is 1. The number of aromatic nitrogens is 1. The Balaban J connectivity index is 1.37. The summed E-state index contributed by atoms with van der Waals surface area (Å²) in [6, 6.07) is 18.0. The van der Waals surface area contributed by atoms with Crippen molar-refractivity contribution in [3.8, 4) is 22.8 Å². The Kier molecular flexibility index (Phi) is 6.06. The molecular weight excluding hydrogens is 596 g/mol. The zero-order valence-corrected chi connectivity index (χ0v) is 20.4. The summed E-state index contributed by atoms with van der Waals surface area (Å²) >= 11 is 8.44. The molecule has 2 aromatic heterocycles. The van der Waals surface area contributed by atoms with E-state index in [2.05, 4.69) is 32.9 Å². The molecule has 0 radical (unpaired) electrons. The van der Waals surface area contributed by atoms with Crippen molar-refractivity contribution in [3.63, 3.8) is 0 Å². The fraction of sp³-hybridized carbons (Fsp3) is 0.0400. The summed E-state index contributed by atoms with van der Waals surface area (Å²) in [7, 11) is 0. The van der Waals surface area contributed by atoms with E-state index in [4.69, 9.17) is 20.4 Å². The fourth-order valence-corrected chi connectivity index (χ4v) is 4.13. The molecule has 5 rings (SSSR count). The minimum Gasteiger partial charge on any atom is -0.451 e. The average molecular weight is 609 g/mol. The van der Waals surface area contributed by atoms with E-state index in [1.54, 1.807) is 24.3 Å². The largest absolute Gasteiger partial charge is 0.451 e. The zero-order chi connectivity index (χ0) is 24.7. The number of rotatable bonds is 4. The summed E-state index contributed by atoms with van der Waals surface area (Å²) in [5.74, 6) is -0.119. The van der Waals surface area contributed by atoms with Crippen molar-refractivity contribution < 1.29 is 26.8 Å². The number of benzene rings is 3. The first-order valence-corrected chi connectivity index (χ1v) is 11.6. The number of carbonyl (C=O) groups excluding carboxylic acids is 1. The van der Waals surface area contributed by atoms with Gasteiger partial charge in [0.1, 0.15) is 11.3 Å². The Morgan fingerprint density at radius 1 is 0.971 bits per heavy atom. The highest BCUT2D eigenvalue weighted by Crippen LogP contribution is 2.34. The van der Waals surface area contributed by atoms with Gasteiger partial charge < -0.3 is 14.2 Å². The summed E-state index contributed by atoms with van der Waals surface area (Å²) in [5.41, 5.74) is 1.52. The van der Waals surface area contributed by atoms with Crippen LogP contribution >= 0.6 is 34.2 Å². The second-order valence-electron chi connectivity index (χ2n) is 7.52. The highest BCUT2D eigenvalue weighted by molar-refractivity contribution is 14.1. The first-order chi connectivity index (χ1) is 16.7. The number of anilines is 1. The quantitative estimate of drug-likeness (QED) is 0.209. The number of hydrogen-bond donors (Lipinski definition) is 1. The molecule has 10 heteroatoms. The number of nitrogens with zero attached hydrogens (tertiary/aromatic N) is 1. The summed E-state index contributed by atoms with van der Waals surface area (Å²) in [5, 5.41) is 3.20. The minimum absolute atomic E-state index is 0.0519. The topological polar surface area (TPSA) is 68.3 Å². The van der Waals surface area contributed by atoms with Crippen molar-refractivity contribution in [1.82, 2.24) is 4.98 Å². The summed E-state index contributed by atoms with van der Waals surface area (Å²) in [6.45, 7) is 0. The van der Waals surface area contributed by atoms with Gasteiger partial charge in [-0.15, -0.1) is 0 Å². The van der Waals surface area contributed by atoms with Gasteiger partial charge in [-0.2, -0.15) is 13.2 Å². The van der Waals surface area contributed by atoms with E-state index < -0.39 is 17.6 Å². The SMILES string of the molecule is O=C(Nc1ccc2oc(-c3cc(I)ccc3Cl)nc2c1)c1ccc(-c2cccc(C(F)(F)F)c2)o1. The van der Waals surface area contributed by atoms with Gasteiger partial charge in [-0.25, -0.2) is 4.98 Å². The molecule has 35 heavy (non-hydrogen) atoms. The molecule has 0 aliphatic carbocycles. The van der Waals surface area contributed by atoms with E-state index >= 15 is 0 Å². The van der Waals surface area contributed by atoms with Crippen LogP contribution in [0.5, 0.6) is 0 Å². The highest BCUT2D eigenvalue weighted by atomic mass is 127. The van der Waals surface area contributed by atoms with Gasteiger partial charge >= 0.3 is 6.18 Å². The molecule has 0 unspecified atom stereocenters. The monoisotopic (exact) mass is 608 g/mol. The first kappa shape index (κ1) is 23.4. The lowest BCUT2D eigenvalue weighted by molar-refractivity contribution is -0.137. The predicted octanol–water partition coefficient (Wildman–Crippen LogP) is 8.28. The molecule has 2 heterocycles. The second kappa shape index (κ2) is 9.04. The van der Waals surface area contributed by atoms with E-state index in [1.165, 1.54) is 24.3 Å². The molecule has 0 saturated carbocycles. The molecule has 176 valence electrons. The van der Waals surface area contributed by atoms with Gasteiger partial charge in [-0.3, -0.25) is 4.79 Å². The lowest BCUT2D eigenvalue weighted by Gasteiger charge is -2.07. The van der Waals surface area contributed by atoms with Crippen molar-refractivity contribution in [1.29, 1.82) is 0 Å². The molecule has 0 spiro atoms. The number of fused-ring (bicyclic) bond motifs is 1. The Bertz CT molecular complexity index is 1580. The van der Waals surface area contributed by atoms with Crippen molar-refractivity contribution in [2.24, 2.45) is 0 Å². The van der Waals surface area contributed by atoms with Crippen LogP contribution in [-0.4, -0.2) is 10.9 Å². The van der Waals surface area contributed by atoms with Crippen molar-refractivity contribution in [2.75, 3.05) is 5.32 Å². The number of nitrogens with one attached hydrogen (secondary N) is 1. The third-order valence-electron chi connectivity index (χ3n) is 5.11. The van der Waals surface area contributed by atoms with Crippen LogP contribution in [0, 0.1) is 3.57 Å². The van der Waals surface area contributed by atoms with Crippen LogP contribution in [0.3, 0.4) is 0 Å². The number of hydrogen-bond acceptors (Lipinski definition) is 4. The number of furan rings is 1. The van der Waals surface area contributed by atoms with Gasteiger partial charge in [-0.05, 0) is 83.3 Å². The van der Waals surface area contributed by atoms with Crippen LogP contribution in [0.1, 0.15) is 16.1 Å². The van der Waals surface area contributed by atoms with Crippen LogP contribution in [0.25, 0.3) is 33.9 Å². The lowest BCUT2D eigenvalue weighted by atomic mass is 10.1. The normalized spacial score (nSPS) is 11.7. The molecule has 0 bridgehead atoms. The molecule has 0 aliphatic heterocycles. The van der Waals surface area contributed by atoms with Gasteiger partial charge in [0.25, 0.3) is 5.91 Å². The molecular formula is C25H13ClF3IN2O3. The van der Waals surface area contributed by atoms with Crippen LogP contribution in [0.4, 0.5) is 18.9 Å². The first-order valence-electron chi connectivity index (χ1n) is 10.1. The van der Waals surface area contributed by atoms with Gasteiger partial charge in [-0.1, -0.05) is 23.7 Å². The van der Waals surface area contributed by atoms with E-state index in [0.29, 0.717) is 33.3 Å². The molecule has 1 amide bonds. The average Bonchev–Trinajstić information content (AvgIpc) is 3.47. The molecule has 0 aliphatic rings. The molecule has 1 N–H and O–H groups in total. The number of carbonyl (C=O) groups is 1. The van der Waals surface area contributed by atoms with E-state index in [1.807, 2.05) is 12.1 Å². The zero-order valence-electron chi connectivity index (χ0n) is 17.5. The second-order valence-corrected chi connectivity index (χ2v) is 9.18. The fourth-order valence-electron chi connectivity index (χ4n) is 3.44. The van der Waals surface area contributed by atoms with E-state index in [-0.39, 0.29) is 17.1 Å². The molecule has 3 aromatic carbocycles. The smallest absolute Gasteiger partial charge is 0.416 e. The molecule has 5 nitrogen and oxygen atoms in total. The van der Waals surface area contributed by atoms with Crippen molar-refractivity contribution >= 4 is 56.9 Å². The maximum Gasteiger partial charge on any atom is 0.416 e. The van der Waals surface area contributed by atoms with Crippen LogP contribution < -0.4 is 5.32 Å². The Hall–Kier alpha value is -3.31. The predicted molar refractivity (Wildman–Crippen MR) is 134 cm³/mol. The third-order valence-corrected chi connectivity index (χ3v) is 6.11. The van der Waals surface area contributed by atoms with Crippen molar-refractivity contribution in [3.05, 3.63) is 92.7 Å². The summed E-state index contributed by atoms with van der Waals surface area (Å²) in [4.78, 5) is 17.2. The van der Waals surface area contributed by atoms with Gasteiger partial charge in [0.2, 0.25) is 5.89 Å². The maximum atomic E-state index is 13.0. The number of amides is 1. The number of halogens is 5. The Morgan fingerprint density at radius 3 is 2.60 bits per heavy atom. The van der Waals surface area contributed by atoms with Gasteiger partial charge in [0.05, 0.1) is 16.1 Å². The molecule has 0 atom stereocenters. The highest BCUT2D eigenvalue weighted by Gasteiger charge is 2.30. The Morgan fingerprint density at radius 2 is 1.80 bits per heavy atom. The standard InChI is InChI=1S/C25H13ClF3IN2O3/c26-18-6-4-15(30)11-17(18)24-32-19-12-16(5-7-21(19)35-24)31-23(33)22-9-8-20(34-22)13-2-1-3-14(10-13)25(27,28)29/h1-12H,(H,31,33). The maximum absolute atomic E-state index is 13.0. The van der Waals surface area contributed by atoms with E-state index in [9.17, 15) is 18.0 Å². The summed E-state index contributed by atoms with van der Waals surface area (Å²) < 4.78 is 51.3. The van der Waals surface area contributed by atoms with Gasteiger partial charge in [0, 0.05) is 14.8 Å². The van der Waals surface area contributed by atoms with Crippen LogP contribution in [0.15, 0.2) is 81.6 Å². The minimum atomic E-state index is -4.48. The molecule has 0 saturated heterocycles. The lowest BCUT2D eigenvalue weighted by Crippen LogP contribution is -2.10.